The van der Waals surface area contributed by atoms with Crippen molar-refractivity contribution in [3.05, 3.63) is 41.1 Å². The fourth-order valence-electron chi connectivity index (χ4n) is 4.08. The van der Waals surface area contributed by atoms with Crippen LogP contribution in [0.5, 0.6) is 11.6 Å². The molecule has 3 rings (SSSR count). The number of nitrogens with two attached hydrogens (primary N) is 1. The van der Waals surface area contributed by atoms with Gasteiger partial charge in [-0.25, -0.2) is 0 Å². The van der Waals surface area contributed by atoms with Crippen molar-refractivity contribution in [1.29, 1.82) is 0 Å². The Morgan fingerprint density at radius 1 is 1.12 bits per heavy atom. The van der Waals surface area contributed by atoms with Gasteiger partial charge >= 0.3 is 0 Å². The molecule has 2 heterocycles. The molecule has 2 aromatic rings. The highest BCUT2D eigenvalue weighted by Gasteiger charge is 2.45. The van der Waals surface area contributed by atoms with Crippen molar-refractivity contribution in [2.24, 2.45) is 11.1 Å². The second kappa shape index (κ2) is 13.0. The van der Waals surface area contributed by atoms with Gasteiger partial charge < -0.3 is 45.7 Å². The number of ether oxygens (including phenoxy) is 3. The van der Waals surface area contributed by atoms with Crippen LogP contribution in [-0.4, -0.2) is 92.4 Å². The molecule has 8 N–H and O–H groups in total. The molecular formula is C27H40N4O9. The van der Waals surface area contributed by atoms with E-state index in [0.717, 1.165) is 11.3 Å². The van der Waals surface area contributed by atoms with Crippen molar-refractivity contribution in [1.82, 2.24) is 15.5 Å². The number of hydrogen-bond acceptors (Lipinski definition) is 10. The maximum absolute atomic E-state index is 12.5. The van der Waals surface area contributed by atoms with E-state index in [0.29, 0.717) is 17.7 Å². The van der Waals surface area contributed by atoms with Crippen molar-refractivity contribution in [3.63, 3.8) is 0 Å². The average Bonchev–Trinajstić information content (AvgIpc) is 3.30. The molecule has 0 saturated carbocycles. The topological polar surface area (TPSA) is 209 Å². The molecule has 1 aromatic heterocycles. The number of benzene rings is 1. The molecule has 1 aromatic carbocycles. The van der Waals surface area contributed by atoms with E-state index in [1.807, 2.05) is 26.0 Å². The first-order valence-electron chi connectivity index (χ1n) is 13.1. The average molecular weight is 565 g/mol. The molecule has 13 nitrogen and oxygen atoms in total. The van der Waals surface area contributed by atoms with E-state index in [-0.39, 0.29) is 24.3 Å². The number of aliphatic hydroxyl groups excluding tert-OH is 4. The van der Waals surface area contributed by atoms with E-state index in [2.05, 4.69) is 15.5 Å². The first kappa shape index (κ1) is 31.3. The minimum Gasteiger partial charge on any atom is -0.492 e. The van der Waals surface area contributed by atoms with Gasteiger partial charge in [-0.05, 0) is 44.4 Å². The molecule has 0 spiro atoms. The highest BCUT2D eigenvalue weighted by molar-refractivity contribution is 5.88. The Balaban J connectivity index is 1.70. The molecule has 0 unspecified atom stereocenters. The Bertz CT molecular complexity index is 1150. The number of aliphatic hydroxyl groups is 4. The summed E-state index contributed by atoms with van der Waals surface area (Å²) in [4.78, 5) is 23.7. The van der Waals surface area contributed by atoms with Gasteiger partial charge in [-0.15, -0.1) is 5.10 Å². The Kier molecular flexibility index (Phi) is 10.1. The monoisotopic (exact) mass is 564 g/mol. The number of amides is 2. The summed E-state index contributed by atoms with van der Waals surface area (Å²) in [5.41, 5.74) is 6.71. The number of H-pyrrole nitrogens is 1. The maximum Gasteiger partial charge on any atom is 0.239 e. The van der Waals surface area contributed by atoms with Gasteiger partial charge in [0, 0.05) is 17.7 Å². The molecule has 1 saturated heterocycles. The van der Waals surface area contributed by atoms with Crippen LogP contribution in [-0.2, 0) is 20.7 Å². The summed E-state index contributed by atoms with van der Waals surface area (Å²) in [5.74, 6) is -0.222. The minimum atomic E-state index is -1.57. The summed E-state index contributed by atoms with van der Waals surface area (Å²) in [6, 6.07) is 6.45. The van der Waals surface area contributed by atoms with Crippen molar-refractivity contribution in [2.75, 3.05) is 13.2 Å². The number of aromatic nitrogens is 2. The highest BCUT2D eigenvalue weighted by atomic mass is 16.7. The first-order valence-corrected chi connectivity index (χ1v) is 13.1. The van der Waals surface area contributed by atoms with Crippen LogP contribution in [0, 0.1) is 5.41 Å². The summed E-state index contributed by atoms with van der Waals surface area (Å²) < 4.78 is 17.1. The van der Waals surface area contributed by atoms with E-state index in [1.54, 1.807) is 26.0 Å². The van der Waals surface area contributed by atoms with E-state index >= 15 is 0 Å². The molecule has 222 valence electrons. The van der Waals surface area contributed by atoms with Gasteiger partial charge in [0.15, 0.2) is 0 Å². The second-order valence-corrected chi connectivity index (χ2v) is 11.0. The van der Waals surface area contributed by atoms with Crippen LogP contribution in [0.3, 0.4) is 0 Å². The van der Waals surface area contributed by atoms with E-state index in [4.69, 9.17) is 19.9 Å². The van der Waals surface area contributed by atoms with Gasteiger partial charge in [0.2, 0.25) is 24.0 Å². The fourth-order valence-corrected chi connectivity index (χ4v) is 4.08. The third-order valence-corrected chi connectivity index (χ3v) is 6.81. The molecule has 2 amide bonds. The van der Waals surface area contributed by atoms with E-state index in [1.165, 1.54) is 6.92 Å². The van der Waals surface area contributed by atoms with Crippen LogP contribution >= 0.6 is 0 Å². The van der Waals surface area contributed by atoms with Crippen molar-refractivity contribution in [2.45, 2.75) is 83.7 Å². The molecular weight excluding hydrogens is 524 g/mol. The molecule has 0 aliphatic carbocycles. The van der Waals surface area contributed by atoms with Gasteiger partial charge in [-0.1, -0.05) is 26.0 Å². The number of aromatic amines is 1. The Hall–Kier alpha value is -3.23. The summed E-state index contributed by atoms with van der Waals surface area (Å²) >= 11 is 0. The number of carbonyl (C=O) groups is 2. The van der Waals surface area contributed by atoms with Crippen LogP contribution in [0.1, 0.15) is 57.4 Å². The van der Waals surface area contributed by atoms with Crippen LogP contribution in [0.25, 0.3) is 0 Å². The molecule has 1 fully saturated rings. The zero-order chi connectivity index (χ0) is 29.8. The lowest BCUT2D eigenvalue weighted by molar-refractivity contribution is -0.278. The van der Waals surface area contributed by atoms with E-state index in [9.17, 15) is 30.0 Å². The molecule has 0 bridgehead atoms. The number of hydrogen-bond donors (Lipinski definition) is 7. The predicted molar refractivity (Wildman–Crippen MR) is 142 cm³/mol. The van der Waals surface area contributed by atoms with Gasteiger partial charge in [0.25, 0.3) is 0 Å². The van der Waals surface area contributed by atoms with Crippen LogP contribution in [0.4, 0.5) is 0 Å². The lowest BCUT2D eigenvalue weighted by Gasteiger charge is -2.39. The zero-order valence-corrected chi connectivity index (χ0v) is 23.3. The van der Waals surface area contributed by atoms with Crippen LogP contribution in [0.15, 0.2) is 24.3 Å². The number of nitrogens with one attached hydrogen (secondary N) is 2. The minimum absolute atomic E-state index is 0.0583. The molecule has 0 radical (unpaired) electrons. The first-order chi connectivity index (χ1) is 18.7. The third-order valence-electron chi connectivity index (χ3n) is 6.81. The SMILES string of the molecule is CC(C)c1[nH]nc(O[C@@H]2O[C@H](CO)[C@@H](O)[C@H](O)[C@H]2O)c1Cc1ccc(OCC(C)(C)C(=O)N[C@@H](C)C(N)=O)cc1. The standard InChI is InChI=1S/C27H40N4O9/c1-13(2)19-17(24(31-30-19)40-25-22(35)21(34)20(33)18(11-32)39-25)10-15-6-8-16(9-7-15)38-12-27(4,5)26(37)29-14(3)23(28)36/h6-9,13-14,18,20-22,25,32-35H,10-12H2,1-5H3,(H2,28,36)(H,29,37)(H,30,31)/t14-,18+,20+,21-,22+,25-/m0/s1. The largest absolute Gasteiger partial charge is 0.492 e. The number of carbonyl (C=O) groups excluding carboxylic acids is 2. The molecule has 40 heavy (non-hydrogen) atoms. The Morgan fingerprint density at radius 3 is 2.35 bits per heavy atom. The number of rotatable bonds is 12. The molecule has 1 aliphatic rings. The van der Waals surface area contributed by atoms with Gasteiger partial charge in [-0.3, -0.25) is 14.7 Å². The summed E-state index contributed by atoms with van der Waals surface area (Å²) in [7, 11) is 0. The second-order valence-electron chi connectivity index (χ2n) is 11.0. The van der Waals surface area contributed by atoms with Gasteiger partial charge in [0.1, 0.15) is 42.8 Å². The normalized spacial score (nSPS) is 24.0. The van der Waals surface area contributed by atoms with Crippen LogP contribution < -0.4 is 20.5 Å². The van der Waals surface area contributed by atoms with Crippen molar-refractivity contribution >= 4 is 11.8 Å². The maximum atomic E-state index is 12.5. The predicted octanol–water partition coefficient (Wildman–Crippen LogP) is -0.302. The van der Waals surface area contributed by atoms with Gasteiger partial charge in [0.05, 0.1) is 12.0 Å². The smallest absolute Gasteiger partial charge is 0.239 e. The lowest BCUT2D eigenvalue weighted by atomic mass is 9.93. The van der Waals surface area contributed by atoms with E-state index < -0.39 is 54.7 Å². The summed E-state index contributed by atoms with van der Waals surface area (Å²) in [5, 5.41) is 49.8. The summed E-state index contributed by atoms with van der Waals surface area (Å²) in [6.07, 6.45) is -6.70. The molecule has 6 atom stereocenters. The molecule has 1 aliphatic heterocycles. The van der Waals surface area contributed by atoms with Crippen molar-refractivity contribution in [3.8, 4) is 11.6 Å². The van der Waals surface area contributed by atoms with Gasteiger partial charge in [-0.2, -0.15) is 0 Å². The summed E-state index contributed by atoms with van der Waals surface area (Å²) in [6.45, 7) is 8.38. The molecule has 13 heteroatoms. The third kappa shape index (κ3) is 7.29. The quantitative estimate of drug-likeness (QED) is 0.179. The van der Waals surface area contributed by atoms with Crippen LogP contribution in [0.2, 0.25) is 0 Å². The lowest BCUT2D eigenvalue weighted by Crippen LogP contribution is -2.60. The number of nitrogens with zero attached hydrogens (tertiary/aromatic N) is 1. The number of primary amides is 1. The Morgan fingerprint density at radius 2 is 1.77 bits per heavy atom. The Labute approximate surface area is 232 Å². The van der Waals surface area contributed by atoms with Crippen molar-refractivity contribution < 1.29 is 44.2 Å². The highest BCUT2D eigenvalue weighted by Crippen LogP contribution is 2.31. The fraction of sp³-hybridized carbons (Fsp3) is 0.593. The zero-order valence-electron chi connectivity index (χ0n) is 23.3.